The van der Waals surface area contributed by atoms with E-state index in [-0.39, 0.29) is 17.2 Å². The quantitative estimate of drug-likeness (QED) is 0.350. The molecule has 0 aliphatic heterocycles. The van der Waals surface area contributed by atoms with Crippen LogP contribution in [0.15, 0.2) is 23.4 Å². The zero-order valence-corrected chi connectivity index (χ0v) is 13.7. The molecule has 0 bridgehead atoms. The average molecular weight is 332 g/mol. The fraction of sp³-hybridized carbons (Fsp3) is 0.400. The highest BCUT2D eigenvalue weighted by atomic mass is 32.2. The lowest BCUT2D eigenvalue weighted by molar-refractivity contribution is -0.385. The number of rotatable bonds is 6. The van der Waals surface area contributed by atoms with Crippen molar-refractivity contribution in [2.75, 3.05) is 5.75 Å². The van der Waals surface area contributed by atoms with Crippen LogP contribution in [0, 0.1) is 17.0 Å². The second-order valence-electron chi connectivity index (χ2n) is 5.64. The first-order chi connectivity index (χ1) is 11.0. The topological polar surface area (TPSA) is 90.9 Å². The Morgan fingerprint density at radius 3 is 2.83 bits per heavy atom. The van der Waals surface area contributed by atoms with Crippen molar-refractivity contribution in [3.63, 3.8) is 0 Å². The van der Waals surface area contributed by atoms with Crippen molar-refractivity contribution in [2.24, 2.45) is 7.05 Å². The normalized spacial score (nSPS) is 14.0. The number of hydrogen-bond acceptors (Lipinski definition) is 6. The third-order valence-electron chi connectivity index (χ3n) is 3.87. The van der Waals surface area contributed by atoms with E-state index >= 15 is 0 Å². The van der Waals surface area contributed by atoms with E-state index in [1.807, 2.05) is 11.6 Å². The van der Waals surface area contributed by atoms with Crippen molar-refractivity contribution in [3.8, 4) is 0 Å². The van der Waals surface area contributed by atoms with Gasteiger partial charge >= 0.3 is 0 Å². The summed E-state index contributed by atoms with van der Waals surface area (Å²) in [7, 11) is 1.90. The van der Waals surface area contributed by atoms with Crippen LogP contribution in [0.25, 0.3) is 0 Å². The van der Waals surface area contributed by atoms with Gasteiger partial charge in [-0.05, 0) is 19.8 Å². The SMILES string of the molecule is Cc1ccc(C(=O)CSc2nnc(C3CC3)n2C)cc1[N+](=O)[O-]. The van der Waals surface area contributed by atoms with Gasteiger partial charge in [0.2, 0.25) is 0 Å². The molecule has 1 aliphatic rings. The first-order valence-corrected chi connectivity index (χ1v) is 8.26. The van der Waals surface area contributed by atoms with Gasteiger partial charge in [-0.1, -0.05) is 23.9 Å². The Hall–Kier alpha value is -2.22. The maximum Gasteiger partial charge on any atom is 0.273 e. The minimum atomic E-state index is -0.468. The molecule has 3 rings (SSSR count). The Labute approximate surface area is 137 Å². The Kier molecular flexibility index (Phi) is 4.16. The number of carbonyl (C=O) groups excluding carboxylic acids is 1. The average Bonchev–Trinajstić information content (AvgIpc) is 3.29. The first-order valence-electron chi connectivity index (χ1n) is 7.27. The molecular formula is C15H16N4O3S. The summed E-state index contributed by atoms with van der Waals surface area (Å²) in [6, 6.07) is 4.56. The summed E-state index contributed by atoms with van der Waals surface area (Å²) in [6.07, 6.45) is 2.28. The van der Waals surface area contributed by atoms with Gasteiger partial charge in [-0.2, -0.15) is 0 Å². The zero-order valence-electron chi connectivity index (χ0n) is 12.9. The van der Waals surface area contributed by atoms with Crippen LogP contribution >= 0.6 is 11.8 Å². The molecule has 1 heterocycles. The molecule has 2 aromatic rings. The van der Waals surface area contributed by atoms with E-state index < -0.39 is 4.92 Å². The maximum atomic E-state index is 12.3. The highest BCUT2D eigenvalue weighted by Crippen LogP contribution is 2.39. The number of aromatic nitrogens is 3. The van der Waals surface area contributed by atoms with Gasteiger partial charge in [0.05, 0.1) is 10.7 Å². The van der Waals surface area contributed by atoms with E-state index in [4.69, 9.17) is 0 Å². The predicted octanol–water partition coefficient (Wildman–Crippen LogP) is 2.88. The van der Waals surface area contributed by atoms with E-state index in [0.29, 0.717) is 22.2 Å². The molecule has 1 aromatic heterocycles. The summed E-state index contributed by atoms with van der Waals surface area (Å²) in [5.74, 6) is 1.48. The lowest BCUT2D eigenvalue weighted by Gasteiger charge is -2.04. The summed E-state index contributed by atoms with van der Waals surface area (Å²) in [5.41, 5.74) is 0.858. The van der Waals surface area contributed by atoms with Crippen molar-refractivity contribution in [2.45, 2.75) is 30.8 Å². The highest BCUT2D eigenvalue weighted by Gasteiger charge is 2.29. The molecule has 0 spiro atoms. The van der Waals surface area contributed by atoms with Gasteiger partial charge in [0.15, 0.2) is 10.9 Å². The molecule has 7 nitrogen and oxygen atoms in total. The molecule has 1 aliphatic carbocycles. The monoisotopic (exact) mass is 332 g/mol. The fourth-order valence-corrected chi connectivity index (χ4v) is 3.15. The number of carbonyl (C=O) groups is 1. The van der Waals surface area contributed by atoms with Crippen LogP contribution in [0.4, 0.5) is 5.69 Å². The Bertz CT molecular complexity index is 783. The largest absolute Gasteiger partial charge is 0.309 e. The van der Waals surface area contributed by atoms with Gasteiger partial charge in [0.25, 0.3) is 5.69 Å². The summed E-state index contributed by atoms with van der Waals surface area (Å²) in [6.45, 7) is 1.65. The minimum Gasteiger partial charge on any atom is -0.309 e. The molecular weight excluding hydrogens is 316 g/mol. The number of nitro groups is 1. The number of aryl methyl sites for hydroxylation is 1. The lowest BCUT2D eigenvalue weighted by Crippen LogP contribution is -2.05. The molecule has 23 heavy (non-hydrogen) atoms. The molecule has 120 valence electrons. The number of benzene rings is 1. The summed E-state index contributed by atoms with van der Waals surface area (Å²) < 4.78 is 1.92. The van der Waals surface area contributed by atoms with E-state index in [1.54, 1.807) is 19.1 Å². The molecule has 0 radical (unpaired) electrons. The molecule has 0 saturated heterocycles. The third kappa shape index (κ3) is 3.26. The third-order valence-corrected chi connectivity index (χ3v) is 4.89. The summed E-state index contributed by atoms with van der Waals surface area (Å²) >= 11 is 1.30. The van der Waals surface area contributed by atoms with Gasteiger partial charge in [0.1, 0.15) is 5.82 Å². The van der Waals surface area contributed by atoms with Gasteiger partial charge in [-0.25, -0.2) is 0 Å². The molecule has 1 fully saturated rings. The number of ketones is 1. The number of Topliss-reactive ketones (excluding diaryl/α,β-unsaturated/α-hetero) is 1. The lowest BCUT2D eigenvalue weighted by atomic mass is 10.1. The van der Waals surface area contributed by atoms with E-state index in [9.17, 15) is 14.9 Å². The smallest absolute Gasteiger partial charge is 0.273 e. The van der Waals surface area contributed by atoms with Gasteiger partial charge in [0, 0.05) is 30.2 Å². The number of nitro benzene ring substituents is 1. The predicted molar refractivity (Wildman–Crippen MR) is 85.9 cm³/mol. The van der Waals surface area contributed by atoms with Crippen molar-refractivity contribution in [1.29, 1.82) is 0 Å². The van der Waals surface area contributed by atoms with Crippen LogP contribution in [0.2, 0.25) is 0 Å². The van der Waals surface area contributed by atoms with Crippen LogP contribution in [0.3, 0.4) is 0 Å². The first kappa shape index (κ1) is 15.7. The van der Waals surface area contributed by atoms with Crippen LogP contribution in [-0.4, -0.2) is 31.2 Å². The Morgan fingerprint density at radius 1 is 1.43 bits per heavy atom. The molecule has 0 N–H and O–H groups in total. The minimum absolute atomic E-state index is 0.0319. The Morgan fingerprint density at radius 2 is 2.17 bits per heavy atom. The summed E-state index contributed by atoms with van der Waals surface area (Å²) in [4.78, 5) is 22.8. The second kappa shape index (κ2) is 6.11. The molecule has 1 saturated carbocycles. The van der Waals surface area contributed by atoms with Crippen molar-refractivity contribution in [1.82, 2.24) is 14.8 Å². The molecule has 0 unspecified atom stereocenters. The van der Waals surface area contributed by atoms with Crippen molar-refractivity contribution < 1.29 is 9.72 Å². The number of hydrogen-bond donors (Lipinski definition) is 0. The summed E-state index contributed by atoms with van der Waals surface area (Å²) in [5, 5.41) is 19.9. The van der Waals surface area contributed by atoms with Crippen molar-refractivity contribution in [3.05, 3.63) is 45.3 Å². The van der Waals surface area contributed by atoms with E-state index in [0.717, 1.165) is 18.7 Å². The zero-order chi connectivity index (χ0) is 16.6. The van der Waals surface area contributed by atoms with Gasteiger partial charge in [-0.15, -0.1) is 10.2 Å². The van der Waals surface area contributed by atoms with Crippen LogP contribution in [0.1, 0.15) is 40.5 Å². The van der Waals surface area contributed by atoms with E-state index in [1.165, 1.54) is 17.8 Å². The van der Waals surface area contributed by atoms with Crippen LogP contribution in [0.5, 0.6) is 0 Å². The maximum absolute atomic E-state index is 12.3. The number of thioether (sulfide) groups is 1. The van der Waals surface area contributed by atoms with Crippen LogP contribution in [-0.2, 0) is 7.05 Å². The molecule has 0 atom stereocenters. The molecule has 0 amide bonds. The van der Waals surface area contributed by atoms with Crippen LogP contribution < -0.4 is 0 Å². The van der Waals surface area contributed by atoms with Crippen molar-refractivity contribution >= 4 is 23.2 Å². The van der Waals surface area contributed by atoms with Gasteiger partial charge < -0.3 is 4.57 Å². The van der Waals surface area contributed by atoms with Gasteiger partial charge in [-0.3, -0.25) is 14.9 Å². The van der Waals surface area contributed by atoms with E-state index in [2.05, 4.69) is 10.2 Å². The molecule has 1 aromatic carbocycles. The fourth-order valence-electron chi connectivity index (χ4n) is 2.34. The highest BCUT2D eigenvalue weighted by molar-refractivity contribution is 7.99. The standard InChI is InChI=1S/C15H16N4O3S/c1-9-3-4-11(7-12(9)19(21)22)13(20)8-23-15-17-16-14(18(15)2)10-5-6-10/h3-4,7,10H,5-6,8H2,1-2H3. The second-order valence-corrected chi connectivity index (χ2v) is 6.59. The number of nitrogens with zero attached hydrogens (tertiary/aromatic N) is 4. The molecule has 8 heteroatoms. The Balaban J connectivity index is 1.70.